The van der Waals surface area contributed by atoms with Crippen LogP contribution in [0.3, 0.4) is 0 Å². The van der Waals surface area contributed by atoms with Gasteiger partial charge in [0.2, 0.25) is 0 Å². The fraction of sp³-hybridized carbons (Fsp3) is 0.263. The van der Waals surface area contributed by atoms with Gasteiger partial charge in [0.25, 0.3) is 11.8 Å². The Morgan fingerprint density at radius 1 is 1.24 bits per heavy atom. The highest BCUT2D eigenvalue weighted by atomic mass is 16.5. The van der Waals surface area contributed by atoms with E-state index in [0.29, 0.717) is 24.7 Å². The summed E-state index contributed by atoms with van der Waals surface area (Å²) in [6.07, 6.45) is 0. The Balaban J connectivity index is 1.61. The van der Waals surface area contributed by atoms with Gasteiger partial charge in [0.1, 0.15) is 11.3 Å². The van der Waals surface area contributed by atoms with E-state index in [1.54, 1.807) is 13.2 Å². The molecule has 3 rings (SSSR count). The van der Waals surface area contributed by atoms with Crippen molar-refractivity contribution in [2.75, 3.05) is 25.5 Å². The van der Waals surface area contributed by atoms with E-state index < -0.39 is 0 Å². The van der Waals surface area contributed by atoms with Crippen molar-refractivity contribution in [3.05, 3.63) is 54.4 Å². The van der Waals surface area contributed by atoms with Crippen LogP contribution in [0, 0.1) is 0 Å². The van der Waals surface area contributed by atoms with Crippen LogP contribution in [0.5, 0.6) is 5.75 Å². The van der Waals surface area contributed by atoms with Gasteiger partial charge < -0.3 is 19.4 Å². The van der Waals surface area contributed by atoms with E-state index >= 15 is 0 Å². The molecule has 0 aliphatic rings. The van der Waals surface area contributed by atoms with Crippen molar-refractivity contribution in [2.24, 2.45) is 0 Å². The number of benzene rings is 2. The highest BCUT2D eigenvalue weighted by Gasteiger charge is 2.17. The summed E-state index contributed by atoms with van der Waals surface area (Å²) in [4.78, 5) is 17.9. The fourth-order valence-electron chi connectivity index (χ4n) is 2.65. The molecular weight excluding hydrogens is 318 g/mol. The van der Waals surface area contributed by atoms with Gasteiger partial charge >= 0.3 is 0 Å². The van der Waals surface area contributed by atoms with Crippen molar-refractivity contribution in [1.29, 1.82) is 0 Å². The maximum Gasteiger partial charge on any atom is 0.279 e. The molecule has 0 saturated carbocycles. The molecule has 1 unspecified atom stereocenters. The van der Waals surface area contributed by atoms with Gasteiger partial charge in [0.05, 0.1) is 13.7 Å². The summed E-state index contributed by atoms with van der Waals surface area (Å²) in [5.41, 5.74) is 2.34. The minimum Gasteiger partial charge on any atom is -0.497 e. The smallest absolute Gasteiger partial charge is 0.279 e. The van der Waals surface area contributed by atoms with Crippen molar-refractivity contribution >= 4 is 22.7 Å². The Labute approximate surface area is 146 Å². The number of anilines is 1. The van der Waals surface area contributed by atoms with Gasteiger partial charge in [0, 0.05) is 11.8 Å². The first-order valence-electron chi connectivity index (χ1n) is 8.30. The number of ether oxygens (including phenoxy) is 1. The summed E-state index contributed by atoms with van der Waals surface area (Å²) in [5, 5.41) is 2.90. The number of oxazole rings is 1. The number of hydrogen-bond donors (Lipinski definition) is 2. The van der Waals surface area contributed by atoms with Crippen LogP contribution in [0.15, 0.2) is 52.9 Å². The number of hydrogen-bond acceptors (Lipinski definition) is 4. The van der Waals surface area contributed by atoms with Crippen LogP contribution in [-0.4, -0.2) is 31.1 Å². The number of likely N-dealkylation sites (N-methyl/N-ethyl adjacent to an activating group) is 1. The van der Waals surface area contributed by atoms with E-state index in [1.807, 2.05) is 49.4 Å². The van der Waals surface area contributed by atoms with E-state index in [-0.39, 0.29) is 5.91 Å². The predicted octanol–water partition coefficient (Wildman–Crippen LogP) is 1.88. The van der Waals surface area contributed by atoms with Crippen molar-refractivity contribution in [1.82, 2.24) is 4.98 Å². The van der Waals surface area contributed by atoms with E-state index in [1.165, 1.54) is 0 Å². The van der Waals surface area contributed by atoms with E-state index in [9.17, 15) is 4.79 Å². The van der Waals surface area contributed by atoms with Crippen LogP contribution in [-0.2, 0) is 11.3 Å². The molecule has 0 spiro atoms. The molecule has 1 aromatic heterocycles. The van der Waals surface area contributed by atoms with E-state index in [0.717, 1.165) is 28.2 Å². The zero-order chi connectivity index (χ0) is 17.6. The highest BCUT2D eigenvalue weighted by molar-refractivity contribution is 5.91. The molecule has 2 N–H and O–H groups in total. The molecule has 1 heterocycles. The molecule has 0 aliphatic heterocycles. The number of carbonyl (C=O) groups excluding carboxylic acids is 1. The van der Waals surface area contributed by atoms with Gasteiger partial charge in [-0.3, -0.25) is 4.79 Å². The quantitative estimate of drug-likeness (QED) is 0.689. The Kier molecular flexibility index (Phi) is 5.30. The first-order valence-corrected chi connectivity index (χ1v) is 8.30. The summed E-state index contributed by atoms with van der Waals surface area (Å²) >= 11 is 0. The molecular formula is C19H22N3O3+. The zero-order valence-electron chi connectivity index (χ0n) is 14.4. The minimum absolute atomic E-state index is 0.0544. The van der Waals surface area contributed by atoms with Gasteiger partial charge in [-0.15, -0.1) is 0 Å². The molecule has 1 atom stereocenters. The number of aromatic nitrogens is 1. The number of quaternary nitrogens is 1. The van der Waals surface area contributed by atoms with Gasteiger partial charge in [-0.05, 0) is 31.2 Å². The molecule has 1 amide bonds. The number of rotatable bonds is 7. The molecule has 3 aromatic rings. The summed E-state index contributed by atoms with van der Waals surface area (Å²) in [7, 11) is 1.60. The molecule has 0 radical (unpaired) electrons. The van der Waals surface area contributed by atoms with Crippen molar-refractivity contribution in [2.45, 2.75) is 13.5 Å². The number of amides is 1. The number of para-hydroxylation sites is 2. The summed E-state index contributed by atoms with van der Waals surface area (Å²) < 4.78 is 10.9. The maximum atomic E-state index is 12.3. The average molecular weight is 340 g/mol. The molecule has 25 heavy (non-hydrogen) atoms. The number of nitrogens with one attached hydrogen (secondary N) is 2. The average Bonchev–Trinajstić information content (AvgIpc) is 3.03. The standard InChI is InChI=1S/C19H21N3O3/c1-3-22(13-19-21-16-9-4-5-10-17(16)25-19)12-18(23)20-14-7-6-8-15(11-14)24-2/h4-11H,3,12-13H2,1-2H3,(H,20,23)/p+1. The third-order valence-corrected chi connectivity index (χ3v) is 4.00. The Hall–Kier alpha value is -2.86. The third-order valence-electron chi connectivity index (χ3n) is 4.00. The molecule has 0 aliphatic carbocycles. The number of fused-ring (bicyclic) bond motifs is 1. The minimum atomic E-state index is -0.0544. The molecule has 0 saturated heterocycles. The SMILES string of the molecule is CC[NH+](CC(=O)Nc1cccc(OC)c1)Cc1nc2ccccc2o1. The molecule has 0 fully saturated rings. The molecule has 6 heteroatoms. The monoisotopic (exact) mass is 340 g/mol. The molecule has 130 valence electrons. The Morgan fingerprint density at radius 3 is 2.84 bits per heavy atom. The lowest BCUT2D eigenvalue weighted by Gasteiger charge is -2.15. The number of methoxy groups -OCH3 is 1. The zero-order valence-corrected chi connectivity index (χ0v) is 14.4. The van der Waals surface area contributed by atoms with Crippen LogP contribution in [0.4, 0.5) is 5.69 Å². The molecule has 0 bridgehead atoms. The largest absolute Gasteiger partial charge is 0.497 e. The van der Waals surface area contributed by atoms with Crippen LogP contribution in [0.2, 0.25) is 0 Å². The lowest BCUT2D eigenvalue weighted by atomic mass is 10.3. The maximum absolute atomic E-state index is 12.3. The number of carbonyl (C=O) groups is 1. The second-order valence-electron chi connectivity index (χ2n) is 5.81. The van der Waals surface area contributed by atoms with Crippen LogP contribution < -0.4 is 15.0 Å². The summed E-state index contributed by atoms with van der Waals surface area (Å²) in [5.74, 6) is 1.30. The summed E-state index contributed by atoms with van der Waals surface area (Å²) in [6.45, 7) is 3.74. The first kappa shape index (κ1) is 17.0. The van der Waals surface area contributed by atoms with Crippen LogP contribution in [0.25, 0.3) is 11.1 Å². The van der Waals surface area contributed by atoms with Crippen molar-refractivity contribution < 1.29 is 18.8 Å². The van der Waals surface area contributed by atoms with Crippen LogP contribution in [0.1, 0.15) is 12.8 Å². The predicted molar refractivity (Wildman–Crippen MR) is 95.7 cm³/mol. The summed E-state index contributed by atoms with van der Waals surface area (Å²) in [6, 6.07) is 15.0. The van der Waals surface area contributed by atoms with E-state index in [4.69, 9.17) is 9.15 Å². The Bertz CT molecular complexity index is 827. The lowest BCUT2D eigenvalue weighted by Crippen LogP contribution is -3.11. The molecule has 2 aromatic carbocycles. The van der Waals surface area contributed by atoms with Gasteiger partial charge in [-0.2, -0.15) is 0 Å². The van der Waals surface area contributed by atoms with Crippen molar-refractivity contribution in [3.8, 4) is 5.75 Å². The van der Waals surface area contributed by atoms with Gasteiger partial charge in [-0.1, -0.05) is 18.2 Å². The molecule has 6 nitrogen and oxygen atoms in total. The van der Waals surface area contributed by atoms with Crippen LogP contribution >= 0.6 is 0 Å². The third kappa shape index (κ3) is 4.36. The normalized spacial score (nSPS) is 12.1. The van der Waals surface area contributed by atoms with Crippen molar-refractivity contribution in [3.63, 3.8) is 0 Å². The van der Waals surface area contributed by atoms with Gasteiger partial charge in [-0.25, -0.2) is 4.98 Å². The second-order valence-corrected chi connectivity index (χ2v) is 5.81. The topological polar surface area (TPSA) is 68.8 Å². The second kappa shape index (κ2) is 7.81. The fourth-order valence-corrected chi connectivity index (χ4v) is 2.65. The number of nitrogens with zero attached hydrogens (tertiary/aromatic N) is 1. The first-order chi connectivity index (χ1) is 12.2. The lowest BCUT2D eigenvalue weighted by molar-refractivity contribution is -0.905. The van der Waals surface area contributed by atoms with E-state index in [2.05, 4.69) is 10.3 Å². The Morgan fingerprint density at radius 2 is 2.08 bits per heavy atom. The highest BCUT2D eigenvalue weighted by Crippen LogP contribution is 2.16. The van der Waals surface area contributed by atoms with Gasteiger partial charge in [0.15, 0.2) is 18.7 Å².